The molecule has 0 N–H and O–H groups in total. The van der Waals surface area contributed by atoms with Crippen LogP contribution in [-0.4, -0.2) is 22.9 Å². The third-order valence-corrected chi connectivity index (χ3v) is 4.98. The summed E-state index contributed by atoms with van der Waals surface area (Å²) in [7, 11) is 5.24. The van der Waals surface area contributed by atoms with Gasteiger partial charge in [-0.05, 0) is 0 Å². The van der Waals surface area contributed by atoms with Crippen LogP contribution in [-0.2, 0) is 0 Å². The first-order valence-electron chi connectivity index (χ1n) is 0.914. The predicted molar refractivity (Wildman–Crippen MR) is 27.1 cm³/mol. The van der Waals surface area contributed by atoms with E-state index in [9.17, 15) is 0 Å². The molecular weight excluding hydrogens is 237 g/mol. The molecule has 0 aromatic carbocycles. The summed E-state index contributed by atoms with van der Waals surface area (Å²) < 4.78 is -0.236. The standard InChI is InChI=1S/CHCl2.ClH.Sn/c2-1-3;;/h1H;1H;/q;;+3/p-1. The molecule has 0 spiro atoms. The van der Waals surface area contributed by atoms with E-state index in [2.05, 4.69) is 0 Å². The van der Waals surface area contributed by atoms with Crippen molar-refractivity contribution < 1.29 is 0 Å². The van der Waals surface area contributed by atoms with Crippen LogP contribution in [0.25, 0.3) is 0 Å². The van der Waals surface area contributed by atoms with Crippen LogP contribution in [0.3, 0.4) is 0 Å². The van der Waals surface area contributed by atoms with Gasteiger partial charge in [0.05, 0.1) is 0 Å². The molecule has 0 nitrogen and oxygen atoms in total. The summed E-state index contributed by atoms with van der Waals surface area (Å²) in [4.78, 5) is 0. The Morgan fingerprint density at radius 3 is 1.60 bits per heavy atom. The maximum absolute atomic E-state index is 5.24. The van der Waals surface area contributed by atoms with Gasteiger partial charge in [-0.2, -0.15) is 0 Å². The molecule has 0 aliphatic carbocycles. The summed E-state index contributed by atoms with van der Waals surface area (Å²) in [6.45, 7) is 0. The molecule has 0 saturated carbocycles. The van der Waals surface area contributed by atoms with Crippen LogP contribution in [0.2, 0.25) is 0 Å². The second-order valence-corrected chi connectivity index (χ2v) is 7.33. The summed E-state index contributed by atoms with van der Waals surface area (Å²) in [5.41, 5.74) is 0. The Morgan fingerprint density at radius 2 is 1.60 bits per heavy atom. The van der Waals surface area contributed by atoms with E-state index < -0.39 is 20.0 Å². The quantitative estimate of drug-likeness (QED) is 0.481. The van der Waals surface area contributed by atoms with Crippen molar-refractivity contribution in [3.8, 4) is 0 Å². The molecule has 0 radical (unpaired) electrons. The van der Waals surface area contributed by atoms with E-state index in [-0.39, 0.29) is 2.85 Å². The van der Waals surface area contributed by atoms with Gasteiger partial charge < -0.3 is 0 Å². The van der Waals surface area contributed by atoms with Crippen LogP contribution in [0.15, 0.2) is 0 Å². The normalized spacial score (nSPS) is 8.00. The van der Waals surface area contributed by atoms with Crippen molar-refractivity contribution >= 4 is 52.1 Å². The Labute approximate surface area is 54.7 Å². The molecule has 0 saturated heterocycles. The van der Waals surface area contributed by atoms with E-state index in [1.807, 2.05) is 0 Å². The zero-order chi connectivity index (χ0) is 4.28. The molecular formula is CHCl3Sn+2. The first-order chi connectivity index (χ1) is 2.27. The molecule has 0 heterocycles. The van der Waals surface area contributed by atoms with Crippen LogP contribution in [0, 0.1) is 0 Å². The predicted octanol–water partition coefficient (Wildman–Crippen LogP) is 1.61. The minimum absolute atomic E-state index is 0.236. The Bertz CT molecular complexity index is 20.9. The molecule has 5 heavy (non-hydrogen) atoms. The van der Waals surface area contributed by atoms with E-state index in [0.29, 0.717) is 0 Å². The molecule has 0 aromatic rings. The fourth-order valence-electron chi connectivity index (χ4n) is 0. The van der Waals surface area contributed by atoms with Crippen LogP contribution in [0.4, 0.5) is 0 Å². The van der Waals surface area contributed by atoms with Gasteiger partial charge in [-0.3, -0.25) is 0 Å². The SMILES string of the molecule is [Cl][Sn+2][CH](Cl)Cl. The summed E-state index contributed by atoms with van der Waals surface area (Å²) in [6.07, 6.45) is 0. The van der Waals surface area contributed by atoms with Crippen molar-refractivity contribution in [2.24, 2.45) is 0 Å². The molecule has 0 rings (SSSR count). The van der Waals surface area contributed by atoms with Crippen molar-refractivity contribution in [1.82, 2.24) is 0 Å². The molecule has 0 aromatic heterocycles. The van der Waals surface area contributed by atoms with Gasteiger partial charge in [0.2, 0.25) is 0 Å². The fraction of sp³-hybridized carbons (Fsp3) is 1.00. The van der Waals surface area contributed by atoms with Gasteiger partial charge in [0.1, 0.15) is 0 Å². The van der Waals surface area contributed by atoms with Gasteiger partial charge in [-0.25, -0.2) is 0 Å². The molecule has 0 fully saturated rings. The molecule has 4 heteroatoms. The van der Waals surface area contributed by atoms with Crippen molar-refractivity contribution in [1.29, 1.82) is 0 Å². The van der Waals surface area contributed by atoms with Crippen molar-refractivity contribution in [2.75, 3.05) is 0 Å². The number of halogens is 3. The Kier molecular flexibility index (Phi) is 5.13. The average Bonchev–Trinajstić information content (AvgIpc) is 1.38. The first kappa shape index (κ1) is 6.67. The summed E-state index contributed by atoms with van der Waals surface area (Å²) in [5, 5.41) is 0. The monoisotopic (exact) mass is 238 g/mol. The molecule has 0 atom stereocenters. The Balaban J connectivity index is 2.54. The zero-order valence-corrected chi connectivity index (χ0v) is 7.33. The van der Waals surface area contributed by atoms with Gasteiger partial charge in [0.15, 0.2) is 0 Å². The zero-order valence-electron chi connectivity index (χ0n) is 2.21. The third-order valence-electron chi connectivity index (χ3n) is 0.0825. The summed E-state index contributed by atoms with van der Waals surface area (Å²) in [5.74, 6) is 0. The Hall–Kier alpha value is 1.67. The summed E-state index contributed by atoms with van der Waals surface area (Å²) >= 11 is 9.48. The van der Waals surface area contributed by atoms with E-state index in [4.69, 9.17) is 32.1 Å². The minimum atomic E-state index is -0.862. The van der Waals surface area contributed by atoms with Crippen LogP contribution in [0.5, 0.6) is 0 Å². The van der Waals surface area contributed by atoms with Crippen LogP contribution >= 0.6 is 32.1 Å². The van der Waals surface area contributed by atoms with Gasteiger partial charge >= 0.3 is 55.0 Å². The van der Waals surface area contributed by atoms with Gasteiger partial charge in [0.25, 0.3) is 0 Å². The second kappa shape index (κ2) is 3.85. The second-order valence-electron chi connectivity index (χ2n) is 0.410. The van der Waals surface area contributed by atoms with Crippen molar-refractivity contribution in [3.63, 3.8) is 0 Å². The van der Waals surface area contributed by atoms with Gasteiger partial charge in [0, 0.05) is 0 Å². The molecule has 0 aliphatic rings. The Morgan fingerprint density at radius 1 is 1.40 bits per heavy atom. The number of alkyl halides is 2. The van der Waals surface area contributed by atoms with Crippen molar-refractivity contribution in [2.45, 2.75) is 2.85 Å². The topological polar surface area (TPSA) is 0 Å². The first-order valence-corrected chi connectivity index (χ1v) is 7.05. The molecule has 0 unspecified atom stereocenters. The van der Waals surface area contributed by atoms with E-state index in [1.54, 1.807) is 0 Å². The van der Waals surface area contributed by atoms with Crippen LogP contribution in [0.1, 0.15) is 0 Å². The van der Waals surface area contributed by atoms with E-state index >= 15 is 0 Å². The number of rotatable bonds is 1. The number of hydrogen-bond donors (Lipinski definition) is 0. The van der Waals surface area contributed by atoms with E-state index in [1.165, 1.54) is 0 Å². The van der Waals surface area contributed by atoms with Crippen LogP contribution < -0.4 is 0 Å². The molecule has 0 amide bonds. The van der Waals surface area contributed by atoms with Gasteiger partial charge in [-0.15, -0.1) is 0 Å². The molecule has 0 aliphatic heterocycles. The van der Waals surface area contributed by atoms with Gasteiger partial charge in [-0.1, -0.05) is 0 Å². The third kappa shape index (κ3) is 5.67. The van der Waals surface area contributed by atoms with Crippen molar-refractivity contribution in [3.05, 3.63) is 0 Å². The number of hydrogen-bond acceptors (Lipinski definition) is 0. The van der Waals surface area contributed by atoms with E-state index in [0.717, 1.165) is 0 Å². The molecule has 0 bridgehead atoms. The average molecular weight is 238 g/mol. The molecule has 28 valence electrons. The summed E-state index contributed by atoms with van der Waals surface area (Å²) in [6, 6.07) is 0. The fourth-order valence-corrected chi connectivity index (χ4v) is 0. The maximum atomic E-state index is 5.24.